The Hall–Kier alpha value is -2.11. The number of nitrogens with one attached hydrogen (secondary N) is 1. The molecular formula is C21H24N2O2S. The fourth-order valence-electron chi connectivity index (χ4n) is 3.76. The smallest absolute Gasteiger partial charge is 0.287 e. The summed E-state index contributed by atoms with van der Waals surface area (Å²) in [7, 11) is 0. The van der Waals surface area contributed by atoms with E-state index in [2.05, 4.69) is 33.8 Å². The van der Waals surface area contributed by atoms with E-state index in [1.807, 2.05) is 26.0 Å². The van der Waals surface area contributed by atoms with Gasteiger partial charge in [-0.25, -0.2) is 0 Å². The zero-order valence-corrected chi connectivity index (χ0v) is 16.1. The van der Waals surface area contributed by atoms with E-state index in [4.69, 9.17) is 4.42 Å². The van der Waals surface area contributed by atoms with Gasteiger partial charge in [0.25, 0.3) is 5.91 Å². The summed E-state index contributed by atoms with van der Waals surface area (Å²) < 4.78 is 5.84. The van der Waals surface area contributed by atoms with Crippen LogP contribution in [0.1, 0.15) is 45.4 Å². The number of aryl methyl sites for hydroxylation is 2. The molecular weight excluding hydrogens is 344 g/mol. The Morgan fingerprint density at radius 2 is 2.08 bits per heavy atom. The van der Waals surface area contributed by atoms with E-state index in [-0.39, 0.29) is 11.9 Å². The topological polar surface area (TPSA) is 45.5 Å². The summed E-state index contributed by atoms with van der Waals surface area (Å²) in [6.07, 6.45) is 2.47. The zero-order chi connectivity index (χ0) is 18.1. The van der Waals surface area contributed by atoms with E-state index in [0.717, 1.165) is 29.6 Å². The lowest BCUT2D eigenvalue weighted by Crippen LogP contribution is -2.36. The predicted octanol–water partition coefficient (Wildman–Crippen LogP) is 4.68. The third kappa shape index (κ3) is 3.29. The second-order valence-electron chi connectivity index (χ2n) is 7.04. The highest BCUT2D eigenvalue weighted by atomic mass is 32.1. The normalized spacial score (nSPS) is 16.2. The Labute approximate surface area is 157 Å². The van der Waals surface area contributed by atoms with Crippen LogP contribution in [0.25, 0.3) is 11.0 Å². The summed E-state index contributed by atoms with van der Waals surface area (Å²) in [6, 6.07) is 10.5. The van der Waals surface area contributed by atoms with Gasteiger partial charge in [-0.15, -0.1) is 11.3 Å². The van der Waals surface area contributed by atoms with Crippen LogP contribution in [-0.2, 0) is 0 Å². The van der Waals surface area contributed by atoms with Crippen molar-refractivity contribution in [1.29, 1.82) is 0 Å². The number of carbonyl (C=O) groups is 1. The molecule has 4 nitrogen and oxygen atoms in total. The highest BCUT2D eigenvalue weighted by molar-refractivity contribution is 7.10. The molecule has 3 heterocycles. The van der Waals surface area contributed by atoms with Crippen LogP contribution < -0.4 is 5.32 Å². The van der Waals surface area contributed by atoms with E-state index >= 15 is 0 Å². The molecule has 136 valence electrons. The molecule has 1 aliphatic heterocycles. The third-order valence-electron chi connectivity index (χ3n) is 5.21. The number of rotatable bonds is 5. The number of amides is 1. The minimum Gasteiger partial charge on any atom is -0.451 e. The maximum absolute atomic E-state index is 12.8. The van der Waals surface area contributed by atoms with Crippen molar-refractivity contribution in [3.05, 3.63) is 57.5 Å². The average molecular weight is 369 g/mol. The Morgan fingerprint density at radius 1 is 1.27 bits per heavy atom. The number of benzene rings is 1. The molecule has 1 N–H and O–H groups in total. The number of carbonyl (C=O) groups excluding carboxylic acids is 1. The Bertz CT molecular complexity index is 908. The lowest BCUT2D eigenvalue weighted by Gasteiger charge is -2.26. The third-order valence-corrected chi connectivity index (χ3v) is 6.18. The van der Waals surface area contributed by atoms with Gasteiger partial charge in [0, 0.05) is 22.4 Å². The largest absolute Gasteiger partial charge is 0.451 e. The number of hydrogen-bond donors (Lipinski definition) is 1. The first kappa shape index (κ1) is 17.3. The Morgan fingerprint density at radius 3 is 2.81 bits per heavy atom. The van der Waals surface area contributed by atoms with E-state index < -0.39 is 0 Å². The number of likely N-dealkylation sites (tertiary alicyclic amines) is 1. The fraction of sp³-hybridized carbons (Fsp3) is 0.381. The molecule has 0 radical (unpaired) electrons. The molecule has 1 unspecified atom stereocenters. The van der Waals surface area contributed by atoms with Crippen molar-refractivity contribution in [2.24, 2.45) is 0 Å². The Balaban J connectivity index is 1.53. The maximum Gasteiger partial charge on any atom is 0.287 e. The SMILES string of the molecule is Cc1ccc2oc(C(=O)NCC(c3cccs3)N3CCCC3)c(C)c2c1. The monoisotopic (exact) mass is 368 g/mol. The molecule has 0 saturated carbocycles. The zero-order valence-electron chi connectivity index (χ0n) is 15.2. The van der Waals surface area contributed by atoms with Crippen LogP contribution in [0.15, 0.2) is 40.1 Å². The first-order chi connectivity index (χ1) is 12.6. The van der Waals surface area contributed by atoms with E-state index in [0.29, 0.717) is 12.3 Å². The van der Waals surface area contributed by atoms with Crippen LogP contribution in [0.5, 0.6) is 0 Å². The van der Waals surface area contributed by atoms with Crippen LogP contribution >= 0.6 is 11.3 Å². The van der Waals surface area contributed by atoms with Gasteiger partial charge < -0.3 is 9.73 Å². The summed E-state index contributed by atoms with van der Waals surface area (Å²) in [5.41, 5.74) is 2.85. The van der Waals surface area contributed by atoms with Gasteiger partial charge in [0.05, 0.1) is 6.04 Å². The molecule has 0 bridgehead atoms. The number of nitrogens with zero attached hydrogens (tertiary/aromatic N) is 1. The van der Waals surface area contributed by atoms with Gasteiger partial charge in [0.2, 0.25) is 0 Å². The summed E-state index contributed by atoms with van der Waals surface area (Å²) in [6.45, 7) is 6.81. The lowest BCUT2D eigenvalue weighted by atomic mass is 10.1. The summed E-state index contributed by atoms with van der Waals surface area (Å²) in [4.78, 5) is 16.6. The number of fused-ring (bicyclic) bond motifs is 1. The van der Waals surface area contributed by atoms with Crippen molar-refractivity contribution < 1.29 is 9.21 Å². The van der Waals surface area contributed by atoms with Crippen molar-refractivity contribution in [2.45, 2.75) is 32.7 Å². The second-order valence-corrected chi connectivity index (χ2v) is 8.02. The minimum atomic E-state index is -0.128. The molecule has 26 heavy (non-hydrogen) atoms. The van der Waals surface area contributed by atoms with E-state index in [1.165, 1.54) is 23.3 Å². The molecule has 0 spiro atoms. The number of furan rings is 1. The minimum absolute atomic E-state index is 0.128. The molecule has 1 atom stereocenters. The van der Waals surface area contributed by atoms with E-state index in [1.54, 1.807) is 11.3 Å². The van der Waals surface area contributed by atoms with Gasteiger partial charge in [0.15, 0.2) is 5.76 Å². The van der Waals surface area contributed by atoms with Gasteiger partial charge in [-0.1, -0.05) is 17.7 Å². The highest BCUT2D eigenvalue weighted by Crippen LogP contribution is 2.29. The molecule has 4 rings (SSSR count). The van der Waals surface area contributed by atoms with E-state index in [9.17, 15) is 4.79 Å². The second kappa shape index (κ2) is 7.25. The molecule has 3 aromatic rings. The standard InChI is InChI=1S/C21H24N2O2S/c1-14-7-8-18-16(12-14)15(2)20(25-18)21(24)22-13-17(19-6-5-11-26-19)23-9-3-4-10-23/h5-8,11-12,17H,3-4,9-10,13H2,1-2H3,(H,22,24). The van der Waals surface area contributed by atoms with Gasteiger partial charge in [-0.05, 0) is 63.4 Å². The van der Waals surface area contributed by atoms with Crippen LogP contribution in [0.4, 0.5) is 0 Å². The summed E-state index contributed by atoms with van der Waals surface area (Å²) in [5.74, 6) is 0.300. The van der Waals surface area contributed by atoms with Crippen molar-refractivity contribution in [3.8, 4) is 0 Å². The molecule has 1 amide bonds. The fourth-order valence-corrected chi connectivity index (χ4v) is 4.63. The highest BCUT2D eigenvalue weighted by Gasteiger charge is 2.26. The van der Waals surface area contributed by atoms with Crippen molar-refractivity contribution in [3.63, 3.8) is 0 Å². The lowest BCUT2D eigenvalue weighted by molar-refractivity contribution is 0.0912. The Kier molecular flexibility index (Phi) is 4.83. The average Bonchev–Trinajstić information content (AvgIpc) is 3.38. The van der Waals surface area contributed by atoms with Crippen LogP contribution in [0.3, 0.4) is 0 Å². The first-order valence-electron chi connectivity index (χ1n) is 9.19. The molecule has 2 aromatic heterocycles. The summed E-state index contributed by atoms with van der Waals surface area (Å²) in [5, 5.41) is 6.23. The summed E-state index contributed by atoms with van der Waals surface area (Å²) >= 11 is 1.76. The van der Waals surface area contributed by atoms with Crippen molar-refractivity contribution >= 4 is 28.2 Å². The van der Waals surface area contributed by atoms with Gasteiger partial charge in [0.1, 0.15) is 5.58 Å². The van der Waals surface area contributed by atoms with Crippen molar-refractivity contribution in [2.75, 3.05) is 19.6 Å². The van der Waals surface area contributed by atoms with Crippen LogP contribution in [-0.4, -0.2) is 30.4 Å². The predicted molar refractivity (Wildman–Crippen MR) is 106 cm³/mol. The van der Waals surface area contributed by atoms with Gasteiger partial charge in [-0.3, -0.25) is 9.69 Å². The molecule has 1 fully saturated rings. The quantitative estimate of drug-likeness (QED) is 0.711. The maximum atomic E-state index is 12.8. The van der Waals surface area contributed by atoms with Gasteiger partial charge in [-0.2, -0.15) is 0 Å². The molecule has 0 aliphatic carbocycles. The van der Waals surface area contributed by atoms with Crippen LogP contribution in [0, 0.1) is 13.8 Å². The number of thiophene rings is 1. The molecule has 1 saturated heterocycles. The van der Waals surface area contributed by atoms with Gasteiger partial charge >= 0.3 is 0 Å². The molecule has 1 aromatic carbocycles. The number of hydrogen-bond acceptors (Lipinski definition) is 4. The van der Waals surface area contributed by atoms with Crippen molar-refractivity contribution in [1.82, 2.24) is 10.2 Å². The van der Waals surface area contributed by atoms with Crippen LogP contribution in [0.2, 0.25) is 0 Å². The first-order valence-corrected chi connectivity index (χ1v) is 10.1. The molecule has 5 heteroatoms. The molecule has 1 aliphatic rings.